The van der Waals surface area contributed by atoms with E-state index in [1.54, 1.807) is 0 Å². The zero-order valence-corrected chi connectivity index (χ0v) is 14.8. The third-order valence-corrected chi connectivity index (χ3v) is 6.76. The van der Waals surface area contributed by atoms with Crippen molar-refractivity contribution in [3.63, 3.8) is 0 Å². The van der Waals surface area contributed by atoms with Crippen LogP contribution in [0, 0.1) is 11.6 Å². The largest absolute Gasteiger partial charge is 0.348 e. The summed E-state index contributed by atoms with van der Waals surface area (Å²) in [6, 6.07) is 2.99. The maximum Gasteiger partial charge on any atom is 0.278 e. The number of rotatable bonds is 5. The summed E-state index contributed by atoms with van der Waals surface area (Å²) in [6.07, 6.45) is 2.02. The number of hydrogen-bond acceptors (Lipinski definition) is 3. The molecule has 138 valence electrons. The van der Waals surface area contributed by atoms with Crippen molar-refractivity contribution in [3.8, 4) is 0 Å². The standard InChI is InChI=1S/C16H21F2N3O3S/c1-11(16(22)19-12-5-6-12)20-7-9-21(10-8-20)25(23,24)15-13(17)3-2-4-14(15)18/h2-4,11-12H,5-10H2,1H3,(H,19,22)/p+1/t11-/m1/s1. The van der Waals surface area contributed by atoms with E-state index in [2.05, 4.69) is 5.32 Å². The van der Waals surface area contributed by atoms with Gasteiger partial charge in [0.1, 0.15) is 11.6 Å². The number of carbonyl (C=O) groups is 1. The number of piperazine rings is 1. The minimum atomic E-state index is -4.23. The monoisotopic (exact) mass is 374 g/mol. The van der Waals surface area contributed by atoms with Gasteiger partial charge >= 0.3 is 0 Å². The van der Waals surface area contributed by atoms with Gasteiger partial charge in [-0.15, -0.1) is 0 Å². The minimum Gasteiger partial charge on any atom is -0.348 e. The van der Waals surface area contributed by atoms with E-state index < -0.39 is 26.6 Å². The van der Waals surface area contributed by atoms with E-state index in [0.717, 1.165) is 40.2 Å². The number of sulfonamides is 1. The van der Waals surface area contributed by atoms with Gasteiger partial charge in [0.2, 0.25) is 10.0 Å². The molecule has 6 nitrogen and oxygen atoms in total. The van der Waals surface area contributed by atoms with Gasteiger partial charge < -0.3 is 10.2 Å². The number of benzene rings is 1. The molecule has 3 rings (SSSR count). The Morgan fingerprint density at radius 3 is 2.32 bits per heavy atom. The molecular weight excluding hydrogens is 352 g/mol. The fourth-order valence-electron chi connectivity index (χ4n) is 3.04. The lowest BCUT2D eigenvalue weighted by atomic mass is 10.2. The maximum absolute atomic E-state index is 13.8. The summed E-state index contributed by atoms with van der Waals surface area (Å²) in [7, 11) is -4.23. The van der Waals surface area contributed by atoms with E-state index in [0.29, 0.717) is 13.1 Å². The first kappa shape index (κ1) is 18.2. The summed E-state index contributed by atoms with van der Waals surface area (Å²) >= 11 is 0. The van der Waals surface area contributed by atoms with Crippen molar-refractivity contribution < 1.29 is 26.9 Å². The van der Waals surface area contributed by atoms with E-state index in [9.17, 15) is 22.0 Å². The predicted molar refractivity (Wildman–Crippen MR) is 86.4 cm³/mol. The van der Waals surface area contributed by atoms with E-state index in [1.807, 2.05) is 6.92 Å². The van der Waals surface area contributed by atoms with Crippen LogP contribution in [0.2, 0.25) is 0 Å². The highest BCUT2D eigenvalue weighted by Crippen LogP contribution is 2.22. The van der Waals surface area contributed by atoms with Crippen LogP contribution in [-0.2, 0) is 14.8 Å². The molecule has 2 aliphatic rings. The molecule has 9 heteroatoms. The number of carbonyl (C=O) groups excluding carboxylic acids is 1. The fraction of sp³-hybridized carbons (Fsp3) is 0.562. The molecular formula is C16H22F2N3O3S+. The third kappa shape index (κ3) is 3.83. The van der Waals surface area contributed by atoms with E-state index in [1.165, 1.54) is 0 Å². The molecule has 0 spiro atoms. The van der Waals surface area contributed by atoms with E-state index in [-0.39, 0.29) is 31.1 Å². The smallest absolute Gasteiger partial charge is 0.278 e. The lowest BCUT2D eigenvalue weighted by Gasteiger charge is -2.34. The third-order valence-electron chi connectivity index (χ3n) is 4.81. The lowest BCUT2D eigenvalue weighted by molar-refractivity contribution is -0.917. The second kappa shape index (κ2) is 6.97. The van der Waals surface area contributed by atoms with Gasteiger partial charge in [0.15, 0.2) is 10.9 Å². The Morgan fingerprint density at radius 2 is 1.80 bits per heavy atom. The van der Waals surface area contributed by atoms with Crippen LogP contribution in [0.3, 0.4) is 0 Å². The van der Waals surface area contributed by atoms with Crippen LogP contribution >= 0.6 is 0 Å². The highest BCUT2D eigenvalue weighted by Gasteiger charge is 2.37. The average Bonchev–Trinajstić information content (AvgIpc) is 3.38. The van der Waals surface area contributed by atoms with Gasteiger partial charge in [0, 0.05) is 6.04 Å². The first-order valence-corrected chi connectivity index (χ1v) is 9.84. The molecule has 1 aromatic rings. The van der Waals surface area contributed by atoms with Gasteiger partial charge in [-0.1, -0.05) is 6.07 Å². The van der Waals surface area contributed by atoms with E-state index in [4.69, 9.17) is 0 Å². The molecule has 1 atom stereocenters. The number of hydrogen-bond donors (Lipinski definition) is 2. The summed E-state index contributed by atoms with van der Waals surface area (Å²) in [5.74, 6) is -2.21. The van der Waals surface area contributed by atoms with Crippen molar-refractivity contribution >= 4 is 15.9 Å². The Hall–Kier alpha value is -1.58. The van der Waals surface area contributed by atoms with Gasteiger partial charge in [-0.05, 0) is 31.9 Å². The molecule has 0 radical (unpaired) electrons. The normalized spacial score (nSPS) is 21.1. The average molecular weight is 374 g/mol. The topological polar surface area (TPSA) is 70.9 Å². The molecule has 0 aromatic heterocycles. The zero-order valence-electron chi connectivity index (χ0n) is 14.0. The van der Waals surface area contributed by atoms with Crippen molar-refractivity contribution in [3.05, 3.63) is 29.8 Å². The van der Waals surface area contributed by atoms with Crippen LogP contribution in [0.5, 0.6) is 0 Å². The van der Waals surface area contributed by atoms with Crippen LogP contribution in [0.1, 0.15) is 19.8 Å². The van der Waals surface area contributed by atoms with Crippen molar-refractivity contribution in [2.45, 2.75) is 36.7 Å². The summed E-state index contributed by atoms with van der Waals surface area (Å²) in [6.45, 7) is 2.87. The highest BCUT2D eigenvalue weighted by atomic mass is 32.2. The van der Waals surface area contributed by atoms with Gasteiger partial charge in [0.25, 0.3) is 5.91 Å². The first-order valence-electron chi connectivity index (χ1n) is 8.40. The summed E-state index contributed by atoms with van der Waals surface area (Å²) in [4.78, 5) is 12.2. The van der Waals surface area contributed by atoms with Gasteiger partial charge in [0.05, 0.1) is 26.2 Å². The maximum atomic E-state index is 13.8. The second-order valence-corrected chi connectivity index (χ2v) is 8.49. The Morgan fingerprint density at radius 1 is 1.24 bits per heavy atom. The summed E-state index contributed by atoms with van der Waals surface area (Å²) in [5.41, 5.74) is 0. The molecule has 2 fully saturated rings. The molecule has 1 aliphatic heterocycles. The molecule has 1 aliphatic carbocycles. The van der Waals surface area contributed by atoms with Gasteiger partial charge in [-0.25, -0.2) is 17.2 Å². The Balaban J connectivity index is 1.66. The van der Waals surface area contributed by atoms with Crippen molar-refractivity contribution in [2.24, 2.45) is 0 Å². The first-order chi connectivity index (χ1) is 11.8. The predicted octanol–water partition coefficient (Wildman–Crippen LogP) is -0.479. The number of quaternary nitrogens is 1. The minimum absolute atomic E-state index is 0.0334. The second-order valence-electron chi connectivity index (χ2n) is 6.62. The number of amides is 1. The van der Waals surface area contributed by atoms with Crippen molar-refractivity contribution in [2.75, 3.05) is 26.2 Å². The van der Waals surface area contributed by atoms with Crippen LogP contribution in [0.4, 0.5) is 8.78 Å². The lowest BCUT2D eigenvalue weighted by Crippen LogP contribution is -3.19. The van der Waals surface area contributed by atoms with Crippen LogP contribution in [-0.4, -0.2) is 56.9 Å². The van der Waals surface area contributed by atoms with Crippen LogP contribution < -0.4 is 10.2 Å². The number of nitrogens with zero attached hydrogens (tertiary/aromatic N) is 1. The van der Waals surface area contributed by atoms with Crippen LogP contribution in [0.15, 0.2) is 23.1 Å². The molecule has 1 aromatic carbocycles. The zero-order chi connectivity index (χ0) is 18.2. The van der Waals surface area contributed by atoms with Crippen LogP contribution in [0.25, 0.3) is 0 Å². The molecule has 0 bridgehead atoms. The molecule has 0 unspecified atom stereocenters. The molecule has 2 N–H and O–H groups in total. The molecule has 25 heavy (non-hydrogen) atoms. The fourth-order valence-corrected chi connectivity index (χ4v) is 4.59. The quantitative estimate of drug-likeness (QED) is 0.732. The van der Waals surface area contributed by atoms with Gasteiger partial charge in [-0.3, -0.25) is 4.79 Å². The molecule has 1 saturated carbocycles. The molecule has 1 amide bonds. The summed E-state index contributed by atoms with van der Waals surface area (Å²) < 4.78 is 53.9. The summed E-state index contributed by atoms with van der Waals surface area (Å²) in [5, 5.41) is 2.94. The Labute approximate surface area is 145 Å². The SMILES string of the molecule is C[C@H](C(=O)NC1CC1)[NH+]1CCN(S(=O)(=O)c2c(F)cccc2F)CC1. The van der Waals surface area contributed by atoms with Gasteiger partial charge in [-0.2, -0.15) is 4.31 Å². The Kier molecular flexibility index (Phi) is 5.08. The van der Waals surface area contributed by atoms with Crippen molar-refractivity contribution in [1.29, 1.82) is 0 Å². The van der Waals surface area contributed by atoms with E-state index >= 15 is 0 Å². The Bertz CT molecular complexity index is 740. The number of halogens is 2. The molecule has 1 saturated heterocycles. The number of nitrogens with one attached hydrogen (secondary N) is 2. The highest BCUT2D eigenvalue weighted by molar-refractivity contribution is 7.89. The molecule has 1 heterocycles. The van der Waals surface area contributed by atoms with Crippen molar-refractivity contribution in [1.82, 2.24) is 9.62 Å².